The van der Waals surface area contributed by atoms with Gasteiger partial charge in [-0.15, -0.1) is 0 Å². The highest BCUT2D eigenvalue weighted by Crippen LogP contribution is 2.04. The Kier molecular flexibility index (Phi) is 4.03. The fourth-order valence-corrected chi connectivity index (χ4v) is 1.37. The molecule has 0 aliphatic rings. The summed E-state index contributed by atoms with van der Waals surface area (Å²) < 4.78 is 1.28. The molecule has 1 aromatic rings. The molecule has 0 spiro atoms. The van der Waals surface area contributed by atoms with Crippen molar-refractivity contribution in [3.63, 3.8) is 0 Å². The van der Waals surface area contributed by atoms with E-state index >= 15 is 0 Å². The molecule has 0 fully saturated rings. The molecule has 0 aliphatic carbocycles. The zero-order valence-corrected chi connectivity index (χ0v) is 9.30. The van der Waals surface area contributed by atoms with E-state index in [4.69, 9.17) is 5.11 Å². The second-order valence-corrected chi connectivity index (χ2v) is 3.91. The SMILES string of the molecule is Cc1cn(C[C@@H](CO)[C@@H](C)O)c(=O)[nH]c1=O. The number of hydrogen-bond acceptors (Lipinski definition) is 4. The molecule has 0 aliphatic heterocycles. The van der Waals surface area contributed by atoms with E-state index in [1.54, 1.807) is 13.8 Å². The van der Waals surface area contributed by atoms with Crippen LogP contribution in [-0.2, 0) is 6.54 Å². The lowest BCUT2D eigenvalue weighted by Crippen LogP contribution is -2.35. The van der Waals surface area contributed by atoms with Crippen LogP contribution in [0.3, 0.4) is 0 Å². The fraction of sp³-hybridized carbons (Fsp3) is 0.600. The maximum Gasteiger partial charge on any atom is 0.328 e. The van der Waals surface area contributed by atoms with Crippen LogP contribution in [0.5, 0.6) is 0 Å². The van der Waals surface area contributed by atoms with Gasteiger partial charge < -0.3 is 10.2 Å². The highest BCUT2D eigenvalue weighted by Gasteiger charge is 2.15. The van der Waals surface area contributed by atoms with Crippen molar-refractivity contribution in [1.82, 2.24) is 9.55 Å². The van der Waals surface area contributed by atoms with Crippen LogP contribution in [0.25, 0.3) is 0 Å². The summed E-state index contributed by atoms with van der Waals surface area (Å²) in [7, 11) is 0. The summed E-state index contributed by atoms with van der Waals surface area (Å²) in [6.07, 6.45) is 0.704. The minimum absolute atomic E-state index is 0.171. The highest BCUT2D eigenvalue weighted by atomic mass is 16.3. The fourth-order valence-electron chi connectivity index (χ4n) is 1.37. The first kappa shape index (κ1) is 12.7. The molecule has 0 bridgehead atoms. The predicted molar refractivity (Wildman–Crippen MR) is 58.3 cm³/mol. The molecule has 1 heterocycles. The first-order valence-corrected chi connectivity index (χ1v) is 5.05. The van der Waals surface area contributed by atoms with Gasteiger partial charge in [-0.3, -0.25) is 14.3 Å². The van der Waals surface area contributed by atoms with Crippen molar-refractivity contribution in [3.8, 4) is 0 Å². The lowest BCUT2D eigenvalue weighted by molar-refractivity contribution is 0.0696. The van der Waals surface area contributed by atoms with Crippen LogP contribution in [0.2, 0.25) is 0 Å². The molecule has 0 radical (unpaired) electrons. The van der Waals surface area contributed by atoms with Crippen molar-refractivity contribution in [2.24, 2.45) is 5.92 Å². The Hall–Kier alpha value is -1.40. The Morgan fingerprint density at radius 1 is 1.50 bits per heavy atom. The van der Waals surface area contributed by atoms with Gasteiger partial charge in [0.25, 0.3) is 5.56 Å². The lowest BCUT2D eigenvalue weighted by Gasteiger charge is -2.18. The Morgan fingerprint density at radius 2 is 2.12 bits per heavy atom. The maximum absolute atomic E-state index is 11.4. The largest absolute Gasteiger partial charge is 0.396 e. The second-order valence-electron chi connectivity index (χ2n) is 3.91. The number of aliphatic hydroxyl groups excluding tert-OH is 2. The van der Waals surface area contributed by atoms with Gasteiger partial charge in [0.2, 0.25) is 0 Å². The summed E-state index contributed by atoms with van der Waals surface area (Å²) in [5, 5.41) is 18.4. The number of nitrogens with zero attached hydrogens (tertiary/aromatic N) is 1. The van der Waals surface area contributed by atoms with Crippen LogP contribution in [-0.4, -0.2) is 32.5 Å². The second kappa shape index (κ2) is 5.09. The van der Waals surface area contributed by atoms with E-state index in [9.17, 15) is 14.7 Å². The molecular formula is C10H16N2O4. The van der Waals surface area contributed by atoms with Gasteiger partial charge >= 0.3 is 5.69 Å². The molecule has 0 unspecified atom stereocenters. The first-order chi connectivity index (χ1) is 7.45. The topological polar surface area (TPSA) is 95.3 Å². The van der Waals surface area contributed by atoms with Gasteiger partial charge in [-0.2, -0.15) is 0 Å². The third-order valence-electron chi connectivity index (χ3n) is 2.54. The van der Waals surface area contributed by atoms with Gasteiger partial charge in [-0.25, -0.2) is 4.79 Å². The number of nitrogens with one attached hydrogen (secondary N) is 1. The molecule has 0 saturated carbocycles. The average molecular weight is 228 g/mol. The van der Waals surface area contributed by atoms with Crippen molar-refractivity contribution >= 4 is 0 Å². The molecule has 1 aromatic heterocycles. The number of aryl methyl sites for hydroxylation is 1. The van der Waals surface area contributed by atoms with Gasteiger partial charge in [0, 0.05) is 24.2 Å². The summed E-state index contributed by atoms with van der Waals surface area (Å²) in [5.74, 6) is -0.428. The Labute approximate surface area is 92.2 Å². The van der Waals surface area contributed by atoms with E-state index < -0.39 is 23.3 Å². The summed E-state index contributed by atoms with van der Waals surface area (Å²) >= 11 is 0. The molecule has 16 heavy (non-hydrogen) atoms. The lowest BCUT2D eigenvalue weighted by atomic mass is 10.1. The Balaban J connectivity index is 3.01. The van der Waals surface area contributed by atoms with Crippen molar-refractivity contribution in [2.75, 3.05) is 6.61 Å². The van der Waals surface area contributed by atoms with Crippen LogP contribution in [0, 0.1) is 12.8 Å². The predicted octanol–water partition coefficient (Wildman–Crippen LogP) is -1.17. The minimum Gasteiger partial charge on any atom is -0.396 e. The van der Waals surface area contributed by atoms with Gasteiger partial charge in [0.1, 0.15) is 0 Å². The van der Waals surface area contributed by atoms with Crippen molar-refractivity contribution in [1.29, 1.82) is 0 Å². The standard InChI is InChI=1S/C10H16N2O4/c1-6-3-12(10(16)11-9(6)15)4-8(5-13)7(2)14/h3,7-8,13-14H,4-5H2,1-2H3,(H,11,15,16)/t7-,8+/m1/s1. The van der Waals surface area contributed by atoms with E-state index in [1.165, 1.54) is 10.8 Å². The molecule has 1 rings (SSSR count). The molecule has 6 heteroatoms. The van der Waals surface area contributed by atoms with E-state index in [0.717, 1.165) is 0 Å². The number of aromatic amines is 1. The van der Waals surface area contributed by atoms with Gasteiger partial charge in [0.15, 0.2) is 0 Å². The number of H-pyrrole nitrogens is 1. The van der Waals surface area contributed by atoms with E-state index in [2.05, 4.69) is 4.98 Å². The molecule has 6 nitrogen and oxygen atoms in total. The quantitative estimate of drug-likeness (QED) is 0.605. The van der Waals surface area contributed by atoms with Crippen molar-refractivity contribution in [3.05, 3.63) is 32.6 Å². The third kappa shape index (κ3) is 2.80. The smallest absolute Gasteiger partial charge is 0.328 e. The van der Waals surface area contributed by atoms with Crippen molar-refractivity contribution < 1.29 is 10.2 Å². The van der Waals surface area contributed by atoms with Crippen LogP contribution in [0.4, 0.5) is 0 Å². The summed E-state index contributed by atoms with van der Waals surface area (Å²) in [4.78, 5) is 24.7. The zero-order chi connectivity index (χ0) is 12.3. The molecular weight excluding hydrogens is 212 g/mol. The maximum atomic E-state index is 11.4. The van der Waals surface area contributed by atoms with Crippen LogP contribution in [0.1, 0.15) is 12.5 Å². The molecule has 0 amide bonds. The Morgan fingerprint density at radius 3 is 2.62 bits per heavy atom. The summed E-state index contributed by atoms with van der Waals surface area (Å²) in [5.41, 5.74) is -0.532. The number of aromatic nitrogens is 2. The number of hydrogen-bond donors (Lipinski definition) is 3. The zero-order valence-electron chi connectivity index (χ0n) is 9.30. The first-order valence-electron chi connectivity index (χ1n) is 5.05. The third-order valence-corrected chi connectivity index (χ3v) is 2.54. The van der Waals surface area contributed by atoms with Crippen LogP contribution in [0.15, 0.2) is 15.8 Å². The number of aliphatic hydroxyl groups is 2. The van der Waals surface area contributed by atoms with Gasteiger partial charge in [0.05, 0.1) is 12.7 Å². The normalized spacial score (nSPS) is 14.8. The summed E-state index contributed by atoms with van der Waals surface area (Å²) in [6.45, 7) is 3.09. The van der Waals surface area contributed by atoms with Gasteiger partial charge in [-0.05, 0) is 13.8 Å². The van der Waals surface area contributed by atoms with E-state index in [-0.39, 0.29) is 13.2 Å². The summed E-state index contributed by atoms with van der Waals surface area (Å²) in [6, 6.07) is 0. The molecule has 90 valence electrons. The molecule has 0 aromatic carbocycles. The van der Waals surface area contributed by atoms with Crippen LogP contribution >= 0.6 is 0 Å². The average Bonchev–Trinajstić information content (AvgIpc) is 2.21. The van der Waals surface area contributed by atoms with E-state index in [1.807, 2.05) is 0 Å². The van der Waals surface area contributed by atoms with Crippen LogP contribution < -0.4 is 11.2 Å². The van der Waals surface area contributed by atoms with Gasteiger partial charge in [-0.1, -0.05) is 0 Å². The molecule has 3 N–H and O–H groups in total. The molecule has 0 saturated heterocycles. The van der Waals surface area contributed by atoms with Crippen molar-refractivity contribution in [2.45, 2.75) is 26.5 Å². The monoisotopic (exact) mass is 228 g/mol. The Bertz CT molecular complexity index is 461. The number of rotatable bonds is 4. The van der Waals surface area contributed by atoms with E-state index in [0.29, 0.717) is 5.56 Å². The molecule has 2 atom stereocenters. The minimum atomic E-state index is -0.718. The highest BCUT2D eigenvalue weighted by molar-refractivity contribution is 5.00.